The maximum absolute atomic E-state index is 10.9. The van der Waals surface area contributed by atoms with Crippen LogP contribution in [-0.4, -0.2) is 23.3 Å². The number of hydrogen-bond donors (Lipinski definition) is 1. The minimum Gasteiger partial charge on any atom is -0.464 e. The molecule has 0 aliphatic heterocycles. The Morgan fingerprint density at radius 3 is 3.18 bits per heavy atom. The van der Waals surface area contributed by atoms with Crippen LogP contribution in [-0.2, 0) is 4.74 Å². The fourth-order valence-corrected chi connectivity index (χ4v) is 0.653. The van der Waals surface area contributed by atoms with E-state index in [0.29, 0.717) is 5.56 Å². The summed E-state index contributed by atoms with van der Waals surface area (Å²) in [7, 11) is 1.28. The maximum Gasteiger partial charge on any atom is 0.357 e. The molecule has 0 spiro atoms. The molecule has 0 radical (unpaired) electrons. The molecule has 1 aromatic rings. The zero-order valence-corrected chi connectivity index (χ0v) is 5.92. The molecule has 1 rings (SSSR count). The van der Waals surface area contributed by atoms with Gasteiger partial charge in [-0.05, 0) is 0 Å². The Labute approximate surface area is 63.6 Å². The molecule has 0 fully saturated rings. The normalized spacial score (nSPS) is 8.73. The van der Waals surface area contributed by atoms with Crippen molar-refractivity contribution in [2.45, 2.75) is 0 Å². The first-order valence-corrected chi connectivity index (χ1v) is 2.88. The standard InChI is InChI=1S/C7H6N2O2/c1-3-5-4-8-9-6(5)7(10)11-2/h1,4H,2H3,(H,8,9). The molecule has 1 N–H and O–H groups in total. The van der Waals surface area contributed by atoms with Gasteiger partial charge >= 0.3 is 5.97 Å². The van der Waals surface area contributed by atoms with Gasteiger partial charge in [-0.3, -0.25) is 5.10 Å². The average molecular weight is 150 g/mol. The lowest BCUT2D eigenvalue weighted by molar-refractivity contribution is 0.0593. The van der Waals surface area contributed by atoms with Gasteiger partial charge in [0.15, 0.2) is 5.69 Å². The molecular formula is C7H6N2O2. The van der Waals surface area contributed by atoms with E-state index in [2.05, 4.69) is 20.9 Å². The monoisotopic (exact) mass is 150 g/mol. The van der Waals surface area contributed by atoms with Crippen LogP contribution in [0.25, 0.3) is 0 Å². The van der Waals surface area contributed by atoms with Crippen molar-refractivity contribution in [1.29, 1.82) is 0 Å². The van der Waals surface area contributed by atoms with Gasteiger partial charge in [0.1, 0.15) is 0 Å². The number of aromatic nitrogens is 2. The van der Waals surface area contributed by atoms with Crippen LogP contribution < -0.4 is 0 Å². The van der Waals surface area contributed by atoms with Crippen molar-refractivity contribution >= 4 is 5.97 Å². The highest BCUT2D eigenvalue weighted by molar-refractivity contribution is 5.89. The number of nitrogens with one attached hydrogen (secondary N) is 1. The topological polar surface area (TPSA) is 55.0 Å². The van der Waals surface area contributed by atoms with Crippen LogP contribution in [0.5, 0.6) is 0 Å². The molecule has 4 heteroatoms. The van der Waals surface area contributed by atoms with Gasteiger partial charge in [-0.25, -0.2) is 4.79 Å². The quantitative estimate of drug-likeness (QED) is 0.459. The lowest BCUT2D eigenvalue weighted by atomic mass is 10.3. The van der Waals surface area contributed by atoms with Crippen molar-refractivity contribution in [3.8, 4) is 12.3 Å². The van der Waals surface area contributed by atoms with Crippen molar-refractivity contribution < 1.29 is 9.53 Å². The summed E-state index contributed by atoms with van der Waals surface area (Å²) in [5.74, 6) is 1.79. The molecule has 0 unspecified atom stereocenters. The Kier molecular flexibility index (Phi) is 1.93. The predicted molar refractivity (Wildman–Crippen MR) is 37.9 cm³/mol. The molecule has 0 aliphatic rings. The van der Waals surface area contributed by atoms with Crippen molar-refractivity contribution in [2.24, 2.45) is 0 Å². The fraction of sp³-hybridized carbons (Fsp3) is 0.143. The van der Waals surface area contributed by atoms with Crippen LogP contribution in [0.4, 0.5) is 0 Å². The number of hydrogen-bond acceptors (Lipinski definition) is 3. The van der Waals surface area contributed by atoms with Gasteiger partial charge in [0.2, 0.25) is 0 Å². The number of ether oxygens (including phenoxy) is 1. The molecule has 0 aliphatic carbocycles. The molecule has 11 heavy (non-hydrogen) atoms. The van der Waals surface area contributed by atoms with Gasteiger partial charge in [0.05, 0.1) is 18.9 Å². The summed E-state index contributed by atoms with van der Waals surface area (Å²) in [6, 6.07) is 0. The zero-order chi connectivity index (χ0) is 8.27. The van der Waals surface area contributed by atoms with Crippen LogP contribution in [0.2, 0.25) is 0 Å². The first-order chi connectivity index (χ1) is 5.29. The summed E-state index contributed by atoms with van der Waals surface area (Å²) in [5.41, 5.74) is 0.631. The lowest BCUT2D eigenvalue weighted by Gasteiger charge is -1.93. The second-order valence-corrected chi connectivity index (χ2v) is 1.79. The first kappa shape index (κ1) is 7.35. The number of carbonyl (C=O) groups is 1. The third-order valence-corrected chi connectivity index (χ3v) is 1.18. The van der Waals surface area contributed by atoms with Gasteiger partial charge < -0.3 is 4.74 Å². The van der Waals surface area contributed by atoms with Crippen LogP contribution in [0.3, 0.4) is 0 Å². The smallest absolute Gasteiger partial charge is 0.357 e. The third kappa shape index (κ3) is 1.22. The van der Waals surface area contributed by atoms with Gasteiger partial charge in [-0.2, -0.15) is 5.10 Å². The summed E-state index contributed by atoms with van der Waals surface area (Å²) >= 11 is 0. The van der Waals surface area contributed by atoms with Crippen molar-refractivity contribution in [3.05, 3.63) is 17.5 Å². The van der Waals surface area contributed by atoms with E-state index in [9.17, 15) is 4.79 Å². The Bertz CT molecular complexity index is 308. The van der Waals surface area contributed by atoms with Crippen LogP contribution in [0, 0.1) is 12.3 Å². The summed E-state index contributed by atoms with van der Waals surface area (Å²) in [6.45, 7) is 0. The molecule has 0 aromatic carbocycles. The fourth-order valence-electron chi connectivity index (χ4n) is 0.653. The Hall–Kier alpha value is -1.76. The summed E-state index contributed by atoms with van der Waals surface area (Å²) < 4.78 is 4.43. The van der Waals surface area contributed by atoms with E-state index in [1.807, 2.05) is 0 Å². The van der Waals surface area contributed by atoms with Gasteiger partial charge in [0, 0.05) is 0 Å². The van der Waals surface area contributed by atoms with E-state index in [1.165, 1.54) is 13.3 Å². The summed E-state index contributed by atoms with van der Waals surface area (Å²) in [4.78, 5) is 10.9. The number of aromatic amines is 1. The van der Waals surface area contributed by atoms with E-state index < -0.39 is 5.97 Å². The first-order valence-electron chi connectivity index (χ1n) is 2.88. The lowest BCUT2D eigenvalue weighted by Crippen LogP contribution is -2.03. The molecule has 0 saturated heterocycles. The Morgan fingerprint density at radius 1 is 1.91 bits per heavy atom. The molecule has 0 saturated carbocycles. The summed E-state index contributed by atoms with van der Waals surface area (Å²) in [6.07, 6.45) is 6.46. The number of H-pyrrole nitrogens is 1. The molecule has 1 aromatic heterocycles. The van der Waals surface area contributed by atoms with Gasteiger partial charge in [0.25, 0.3) is 0 Å². The molecule has 56 valence electrons. The highest BCUT2D eigenvalue weighted by atomic mass is 16.5. The van der Waals surface area contributed by atoms with Gasteiger partial charge in [-0.1, -0.05) is 5.92 Å². The van der Waals surface area contributed by atoms with E-state index >= 15 is 0 Å². The zero-order valence-electron chi connectivity index (χ0n) is 5.92. The largest absolute Gasteiger partial charge is 0.464 e. The molecule has 0 bridgehead atoms. The number of terminal acetylenes is 1. The molecule has 4 nitrogen and oxygen atoms in total. The second kappa shape index (κ2) is 2.88. The SMILES string of the molecule is C#Cc1cn[nH]c1C(=O)OC. The van der Waals surface area contributed by atoms with Crippen LogP contribution in [0.15, 0.2) is 6.20 Å². The highest BCUT2D eigenvalue weighted by Gasteiger charge is 2.11. The Morgan fingerprint density at radius 2 is 2.64 bits per heavy atom. The van der Waals surface area contributed by atoms with E-state index in [4.69, 9.17) is 6.42 Å². The average Bonchev–Trinajstić information content (AvgIpc) is 2.50. The van der Waals surface area contributed by atoms with Gasteiger partial charge in [-0.15, -0.1) is 6.42 Å². The molecule has 1 heterocycles. The highest BCUT2D eigenvalue weighted by Crippen LogP contribution is 2.02. The molecule has 0 amide bonds. The molecule has 0 atom stereocenters. The van der Waals surface area contributed by atoms with E-state index in [-0.39, 0.29) is 5.69 Å². The third-order valence-electron chi connectivity index (χ3n) is 1.18. The van der Waals surface area contributed by atoms with Crippen LogP contribution >= 0.6 is 0 Å². The van der Waals surface area contributed by atoms with E-state index in [1.54, 1.807) is 0 Å². The number of esters is 1. The van der Waals surface area contributed by atoms with Crippen molar-refractivity contribution in [2.75, 3.05) is 7.11 Å². The Balaban J connectivity index is 3.05. The van der Waals surface area contributed by atoms with Crippen LogP contribution in [0.1, 0.15) is 16.1 Å². The second-order valence-electron chi connectivity index (χ2n) is 1.79. The number of nitrogens with zero attached hydrogens (tertiary/aromatic N) is 1. The van der Waals surface area contributed by atoms with Crippen molar-refractivity contribution in [1.82, 2.24) is 10.2 Å². The minimum absolute atomic E-state index is 0.218. The minimum atomic E-state index is -0.504. The van der Waals surface area contributed by atoms with Crippen molar-refractivity contribution in [3.63, 3.8) is 0 Å². The number of carbonyl (C=O) groups excluding carboxylic acids is 1. The van der Waals surface area contributed by atoms with E-state index in [0.717, 1.165) is 0 Å². The maximum atomic E-state index is 10.9. The predicted octanol–water partition coefficient (Wildman–Crippen LogP) is 0.178. The molecular weight excluding hydrogens is 144 g/mol. The number of rotatable bonds is 1. The summed E-state index contributed by atoms with van der Waals surface area (Å²) in [5, 5.41) is 6.03. The number of methoxy groups -OCH3 is 1.